The van der Waals surface area contributed by atoms with Crippen molar-refractivity contribution in [1.29, 1.82) is 0 Å². The number of rotatable bonds is 1. The van der Waals surface area contributed by atoms with E-state index in [4.69, 9.17) is 0 Å². The van der Waals surface area contributed by atoms with Crippen LogP contribution in [-0.2, 0) is 4.79 Å². The van der Waals surface area contributed by atoms with Gasteiger partial charge in [0, 0.05) is 11.8 Å². The van der Waals surface area contributed by atoms with Crippen molar-refractivity contribution in [3.05, 3.63) is 51.3 Å². The van der Waals surface area contributed by atoms with Crippen LogP contribution in [0, 0.1) is 16.3 Å². The highest BCUT2D eigenvalue weighted by Crippen LogP contribution is 2.37. The predicted molar refractivity (Wildman–Crippen MR) is 85.9 cm³/mol. The van der Waals surface area contributed by atoms with Gasteiger partial charge >= 0.3 is 0 Å². The summed E-state index contributed by atoms with van der Waals surface area (Å²) in [4.78, 5) is 13.6. The molecule has 3 nitrogen and oxygen atoms in total. The van der Waals surface area contributed by atoms with E-state index in [9.17, 15) is 9.18 Å². The van der Waals surface area contributed by atoms with E-state index in [-0.39, 0.29) is 18.3 Å². The Labute approximate surface area is 129 Å². The van der Waals surface area contributed by atoms with Crippen molar-refractivity contribution in [2.75, 3.05) is 16.8 Å². The molecule has 3 rings (SSSR count). The lowest BCUT2D eigenvalue weighted by molar-refractivity contribution is -0.115. The number of fused-ring (bicyclic) bond motifs is 1. The van der Waals surface area contributed by atoms with E-state index in [0.717, 1.165) is 11.3 Å². The third kappa shape index (κ3) is 2.37. The Morgan fingerprint density at radius 2 is 1.95 bits per heavy atom. The van der Waals surface area contributed by atoms with Crippen molar-refractivity contribution in [2.24, 2.45) is 0 Å². The summed E-state index contributed by atoms with van der Waals surface area (Å²) in [7, 11) is 0. The minimum atomic E-state index is -0.280. The maximum atomic E-state index is 13.8. The molecule has 1 N–H and O–H groups in total. The number of carbonyl (C=O) groups is 1. The van der Waals surface area contributed by atoms with Gasteiger partial charge in [-0.05, 0) is 47.7 Å². The van der Waals surface area contributed by atoms with Crippen LogP contribution in [0.25, 0.3) is 0 Å². The van der Waals surface area contributed by atoms with E-state index in [1.54, 1.807) is 6.07 Å². The maximum Gasteiger partial charge on any atom is 0.244 e. The number of hydrogen-bond donors (Lipinski definition) is 1. The maximum absolute atomic E-state index is 13.8. The predicted octanol–water partition coefficient (Wildman–Crippen LogP) is 3.83. The highest BCUT2D eigenvalue weighted by Gasteiger charge is 2.24. The lowest BCUT2D eigenvalue weighted by atomic mass is 10.1. The number of aryl methyl sites for hydroxylation is 1. The molecule has 1 heterocycles. The number of nitrogens with zero attached hydrogens (tertiary/aromatic N) is 1. The minimum Gasteiger partial charge on any atom is -0.330 e. The number of halogens is 2. The van der Waals surface area contributed by atoms with Gasteiger partial charge in [0.2, 0.25) is 5.91 Å². The van der Waals surface area contributed by atoms with Gasteiger partial charge in [-0.15, -0.1) is 0 Å². The van der Waals surface area contributed by atoms with E-state index >= 15 is 0 Å². The van der Waals surface area contributed by atoms with Crippen molar-refractivity contribution < 1.29 is 9.18 Å². The molecule has 1 aliphatic rings. The van der Waals surface area contributed by atoms with Gasteiger partial charge in [-0.1, -0.05) is 17.7 Å². The zero-order valence-corrected chi connectivity index (χ0v) is 12.9. The molecule has 0 radical (unpaired) electrons. The molecule has 1 aliphatic heterocycles. The molecule has 0 atom stereocenters. The largest absolute Gasteiger partial charge is 0.330 e. The molecule has 0 saturated heterocycles. The standard InChI is InChI=1S/C15H12FIN2O/c1-9-2-4-10(5-3-9)19-8-15(20)18-13-7-12(17)11(16)6-14(13)19/h2-7H,8H2,1H3,(H,18,20). The molecule has 0 fully saturated rings. The smallest absolute Gasteiger partial charge is 0.244 e. The van der Waals surface area contributed by atoms with Crippen LogP contribution in [0.5, 0.6) is 0 Å². The summed E-state index contributed by atoms with van der Waals surface area (Å²) in [5, 5.41) is 2.79. The Hall–Kier alpha value is -1.63. The highest BCUT2D eigenvalue weighted by molar-refractivity contribution is 14.1. The molecule has 5 heteroatoms. The van der Waals surface area contributed by atoms with Crippen molar-refractivity contribution in [2.45, 2.75) is 6.92 Å². The highest BCUT2D eigenvalue weighted by atomic mass is 127. The SMILES string of the molecule is Cc1ccc(N2CC(=O)Nc3cc(I)c(F)cc32)cc1. The van der Waals surface area contributed by atoms with Gasteiger partial charge in [0.25, 0.3) is 0 Å². The van der Waals surface area contributed by atoms with E-state index in [2.05, 4.69) is 5.32 Å². The van der Waals surface area contributed by atoms with Crippen LogP contribution in [0.1, 0.15) is 5.56 Å². The van der Waals surface area contributed by atoms with Crippen LogP contribution in [0.15, 0.2) is 36.4 Å². The molecule has 0 saturated carbocycles. The number of nitrogens with one attached hydrogen (secondary N) is 1. The van der Waals surface area contributed by atoms with E-state index in [0.29, 0.717) is 14.9 Å². The Kier molecular flexibility index (Phi) is 3.37. The van der Waals surface area contributed by atoms with Crippen LogP contribution in [0.3, 0.4) is 0 Å². The molecule has 102 valence electrons. The zero-order valence-electron chi connectivity index (χ0n) is 10.8. The first kappa shape index (κ1) is 13.4. The van der Waals surface area contributed by atoms with E-state index < -0.39 is 0 Å². The van der Waals surface area contributed by atoms with E-state index in [1.165, 1.54) is 6.07 Å². The van der Waals surface area contributed by atoms with Gasteiger partial charge in [0.15, 0.2) is 0 Å². The Morgan fingerprint density at radius 3 is 2.65 bits per heavy atom. The summed E-state index contributed by atoms with van der Waals surface area (Å²) in [6.07, 6.45) is 0. The van der Waals surface area contributed by atoms with Crippen LogP contribution in [0.4, 0.5) is 21.5 Å². The van der Waals surface area contributed by atoms with Crippen LogP contribution in [-0.4, -0.2) is 12.5 Å². The van der Waals surface area contributed by atoms with Crippen LogP contribution >= 0.6 is 22.6 Å². The molecule has 20 heavy (non-hydrogen) atoms. The van der Waals surface area contributed by atoms with Crippen molar-refractivity contribution in [3.8, 4) is 0 Å². The summed E-state index contributed by atoms with van der Waals surface area (Å²) < 4.78 is 14.3. The summed E-state index contributed by atoms with van der Waals surface area (Å²) >= 11 is 1.92. The summed E-state index contributed by atoms with van der Waals surface area (Å²) in [6.45, 7) is 2.19. The molecular weight excluding hydrogens is 370 g/mol. The Bertz CT molecular complexity index is 685. The normalized spacial score (nSPS) is 13.9. The lowest BCUT2D eigenvalue weighted by Crippen LogP contribution is -2.35. The first-order valence-electron chi connectivity index (χ1n) is 6.18. The molecule has 1 amide bonds. The van der Waals surface area contributed by atoms with Crippen LogP contribution < -0.4 is 10.2 Å². The fourth-order valence-corrected chi connectivity index (χ4v) is 2.70. The fraction of sp³-hybridized carbons (Fsp3) is 0.133. The number of benzene rings is 2. The average Bonchev–Trinajstić information content (AvgIpc) is 2.41. The van der Waals surface area contributed by atoms with Gasteiger partial charge in [0.05, 0.1) is 14.9 Å². The van der Waals surface area contributed by atoms with Gasteiger partial charge in [-0.2, -0.15) is 0 Å². The number of hydrogen-bond acceptors (Lipinski definition) is 2. The van der Waals surface area contributed by atoms with Gasteiger partial charge < -0.3 is 10.2 Å². The molecule has 2 aromatic carbocycles. The minimum absolute atomic E-state index is 0.0968. The summed E-state index contributed by atoms with van der Waals surface area (Å²) in [5.41, 5.74) is 3.36. The van der Waals surface area contributed by atoms with Crippen molar-refractivity contribution in [1.82, 2.24) is 0 Å². The summed E-state index contributed by atoms with van der Waals surface area (Å²) in [6, 6.07) is 11.0. The number of carbonyl (C=O) groups excluding carboxylic acids is 1. The molecule has 0 unspecified atom stereocenters. The Balaban J connectivity index is 2.12. The number of anilines is 3. The quantitative estimate of drug-likeness (QED) is 0.761. The molecule has 0 aliphatic carbocycles. The lowest BCUT2D eigenvalue weighted by Gasteiger charge is -2.31. The molecule has 0 spiro atoms. The molecule has 2 aromatic rings. The first-order chi connectivity index (χ1) is 9.54. The van der Waals surface area contributed by atoms with Gasteiger partial charge in [0.1, 0.15) is 12.4 Å². The summed E-state index contributed by atoms with van der Waals surface area (Å²) in [5.74, 6) is -0.377. The Morgan fingerprint density at radius 1 is 1.25 bits per heavy atom. The topological polar surface area (TPSA) is 32.3 Å². The first-order valence-corrected chi connectivity index (χ1v) is 7.25. The zero-order chi connectivity index (χ0) is 14.3. The van der Waals surface area contributed by atoms with Crippen LogP contribution in [0.2, 0.25) is 0 Å². The van der Waals surface area contributed by atoms with Crippen molar-refractivity contribution in [3.63, 3.8) is 0 Å². The third-order valence-electron chi connectivity index (χ3n) is 3.25. The van der Waals surface area contributed by atoms with E-state index in [1.807, 2.05) is 58.7 Å². The van der Waals surface area contributed by atoms with Crippen molar-refractivity contribution >= 4 is 45.6 Å². The molecule has 0 bridgehead atoms. The number of amides is 1. The second-order valence-corrected chi connectivity index (χ2v) is 5.92. The second-order valence-electron chi connectivity index (χ2n) is 4.75. The van der Waals surface area contributed by atoms with Gasteiger partial charge in [-0.3, -0.25) is 4.79 Å². The average molecular weight is 382 g/mol. The third-order valence-corrected chi connectivity index (χ3v) is 4.08. The van der Waals surface area contributed by atoms with Gasteiger partial charge in [-0.25, -0.2) is 4.39 Å². The second kappa shape index (κ2) is 5.05. The molecule has 0 aromatic heterocycles. The fourth-order valence-electron chi connectivity index (χ4n) is 2.23. The molecular formula is C15H12FIN2O. The monoisotopic (exact) mass is 382 g/mol.